The Morgan fingerprint density at radius 2 is 2.07 bits per heavy atom. The van der Waals surface area contributed by atoms with Gasteiger partial charge in [0.1, 0.15) is 12.3 Å². The molecule has 28 heavy (non-hydrogen) atoms. The highest BCUT2D eigenvalue weighted by molar-refractivity contribution is 7.12. The molecule has 2 atom stereocenters. The van der Waals surface area contributed by atoms with E-state index in [9.17, 15) is 14.4 Å². The molecule has 2 aromatic rings. The number of fused-ring (bicyclic) bond motifs is 1. The molecule has 1 aliphatic heterocycles. The van der Waals surface area contributed by atoms with Crippen molar-refractivity contribution in [3.63, 3.8) is 0 Å². The maximum atomic E-state index is 12.9. The Bertz CT molecular complexity index is 879. The van der Waals surface area contributed by atoms with Crippen LogP contribution in [0, 0.1) is 0 Å². The molecular weight excluding hydrogens is 376 g/mol. The molecule has 0 aliphatic carbocycles. The molecule has 0 saturated carbocycles. The van der Waals surface area contributed by atoms with E-state index in [1.165, 1.54) is 16.2 Å². The maximum absolute atomic E-state index is 12.9. The minimum absolute atomic E-state index is 0.0248. The maximum Gasteiger partial charge on any atom is 0.268 e. The average Bonchev–Trinajstić information content (AvgIpc) is 3.23. The molecule has 2 amide bonds. The van der Waals surface area contributed by atoms with E-state index < -0.39 is 6.10 Å². The van der Waals surface area contributed by atoms with Gasteiger partial charge in [-0.3, -0.25) is 19.3 Å². The standard InChI is InChI=1S/C21H24N2O4S/c1-4-13(3)22-19(24)12-23-15-11-14(20(25)18-7-6-10-28-18)8-9-17(15)27-16(5-2)21(23)26/h6-11,13,16H,4-5,12H2,1-3H3,(H,22,24)/t13-,16+/m0/s1. The lowest BCUT2D eigenvalue weighted by atomic mass is 10.0. The molecule has 1 N–H and O–H groups in total. The van der Waals surface area contributed by atoms with Gasteiger partial charge in [0, 0.05) is 11.6 Å². The van der Waals surface area contributed by atoms with E-state index in [0.717, 1.165) is 6.42 Å². The minimum Gasteiger partial charge on any atom is -0.478 e. The number of benzene rings is 1. The molecule has 6 nitrogen and oxygen atoms in total. The predicted octanol–water partition coefficient (Wildman–Crippen LogP) is 3.40. The van der Waals surface area contributed by atoms with E-state index in [1.54, 1.807) is 24.3 Å². The molecule has 0 unspecified atom stereocenters. The first-order valence-electron chi connectivity index (χ1n) is 9.44. The largest absolute Gasteiger partial charge is 0.478 e. The Morgan fingerprint density at radius 1 is 1.29 bits per heavy atom. The van der Waals surface area contributed by atoms with Crippen LogP contribution in [0.2, 0.25) is 0 Å². The minimum atomic E-state index is -0.636. The number of anilines is 1. The van der Waals surface area contributed by atoms with E-state index in [2.05, 4.69) is 5.32 Å². The number of ether oxygens (including phenoxy) is 1. The lowest BCUT2D eigenvalue weighted by molar-refractivity contribution is -0.129. The zero-order chi connectivity index (χ0) is 20.3. The molecular formula is C21H24N2O4S. The summed E-state index contributed by atoms with van der Waals surface area (Å²) in [5.41, 5.74) is 0.913. The van der Waals surface area contributed by atoms with Gasteiger partial charge in [0.25, 0.3) is 5.91 Å². The Hall–Kier alpha value is -2.67. The average molecular weight is 401 g/mol. The number of thiophene rings is 1. The molecule has 1 aromatic heterocycles. The molecule has 1 aromatic carbocycles. The lowest BCUT2D eigenvalue weighted by Crippen LogP contribution is -2.50. The van der Waals surface area contributed by atoms with Gasteiger partial charge in [-0.25, -0.2) is 0 Å². The number of nitrogens with zero attached hydrogens (tertiary/aromatic N) is 1. The number of nitrogens with one attached hydrogen (secondary N) is 1. The van der Waals surface area contributed by atoms with Gasteiger partial charge in [-0.1, -0.05) is 19.9 Å². The summed E-state index contributed by atoms with van der Waals surface area (Å²) in [6, 6.07) is 8.64. The van der Waals surface area contributed by atoms with Crippen molar-refractivity contribution in [2.75, 3.05) is 11.4 Å². The second-order valence-electron chi connectivity index (χ2n) is 6.80. The van der Waals surface area contributed by atoms with Gasteiger partial charge in [0.15, 0.2) is 6.10 Å². The Morgan fingerprint density at radius 3 is 2.71 bits per heavy atom. The highest BCUT2D eigenvalue weighted by atomic mass is 32.1. The fourth-order valence-electron chi connectivity index (χ4n) is 3.00. The third-order valence-corrected chi connectivity index (χ3v) is 5.63. The van der Waals surface area contributed by atoms with Crippen molar-refractivity contribution in [1.29, 1.82) is 0 Å². The van der Waals surface area contributed by atoms with Crippen LogP contribution in [-0.2, 0) is 9.59 Å². The van der Waals surface area contributed by atoms with E-state index in [-0.39, 0.29) is 30.2 Å². The number of carbonyl (C=O) groups excluding carboxylic acids is 3. The van der Waals surface area contributed by atoms with Gasteiger partial charge in [-0.05, 0) is 49.4 Å². The first-order chi connectivity index (χ1) is 13.4. The van der Waals surface area contributed by atoms with Gasteiger partial charge < -0.3 is 10.1 Å². The first kappa shape index (κ1) is 20.1. The van der Waals surface area contributed by atoms with Crippen LogP contribution >= 0.6 is 11.3 Å². The highest BCUT2D eigenvalue weighted by Gasteiger charge is 2.35. The normalized spacial score (nSPS) is 16.9. The summed E-state index contributed by atoms with van der Waals surface area (Å²) in [6.07, 6.45) is 0.663. The number of carbonyl (C=O) groups is 3. The van der Waals surface area contributed by atoms with E-state index >= 15 is 0 Å². The fourth-order valence-corrected chi connectivity index (χ4v) is 3.69. The lowest BCUT2D eigenvalue weighted by Gasteiger charge is -2.34. The Kier molecular flexibility index (Phi) is 6.14. The summed E-state index contributed by atoms with van der Waals surface area (Å²) >= 11 is 1.36. The van der Waals surface area contributed by atoms with Crippen LogP contribution in [0.1, 0.15) is 48.8 Å². The molecule has 0 radical (unpaired) electrons. The molecule has 2 heterocycles. The van der Waals surface area contributed by atoms with Crippen LogP contribution in [0.3, 0.4) is 0 Å². The molecule has 7 heteroatoms. The van der Waals surface area contributed by atoms with E-state index in [4.69, 9.17) is 4.74 Å². The number of ketones is 1. The van der Waals surface area contributed by atoms with Crippen LogP contribution in [0.15, 0.2) is 35.7 Å². The molecule has 0 spiro atoms. The third-order valence-electron chi connectivity index (χ3n) is 4.76. The van der Waals surface area contributed by atoms with Crippen molar-refractivity contribution in [1.82, 2.24) is 5.32 Å². The SMILES string of the molecule is CC[C@H](C)NC(=O)CN1C(=O)[C@@H](CC)Oc2ccc(C(=O)c3cccs3)cc21. The second-order valence-corrected chi connectivity index (χ2v) is 7.75. The summed E-state index contributed by atoms with van der Waals surface area (Å²) < 4.78 is 5.80. The van der Waals surface area contributed by atoms with Gasteiger partial charge in [-0.2, -0.15) is 0 Å². The number of rotatable bonds is 7. The van der Waals surface area contributed by atoms with E-state index in [0.29, 0.717) is 28.3 Å². The van der Waals surface area contributed by atoms with Crippen LogP contribution in [0.5, 0.6) is 5.75 Å². The summed E-state index contributed by atoms with van der Waals surface area (Å²) in [5.74, 6) is -0.118. The van der Waals surface area contributed by atoms with Crippen LogP contribution < -0.4 is 15.0 Å². The summed E-state index contributed by atoms with van der Waals surface area (Å²) in [5, 5.41) is 4.72. The van der Waals surface area contributed by atoms with Gasteiger partial charge >= 0.3 is 0 Å². The fraction of sp³-hybridized carbons (Fsp3) is 0.381. The van der Waals surface area contributed by atoms with Gasteiger partial charge in [0.05, 0.1) is 10.6 Å². The van der Waals surface area contributed by atoms with Crippen molar-refractivity contribution < 1.29 is 19.1 Å². The molecule has 148 valence electrons. The molecule has 0 fully saturated rings. The van der Waals surface area contributed by atoms with Crippen molar-refractivity contribution >= 4 is 34.6 Å². The number of hydrogen-bond donors (Lipinski definition) is 1. The van der Waals surface area contributed by atoms with Crippen LogP contribution in [0.25, 0.3) is 0 Å². The monoisotopic (exact) mass is 400 g/mol. The zero-order valence-corrected chi connectivity index (χ0v) is 17.0. The van der Waals surface area contributed by atoms with E-state index in [1.807, 2.05) is 32.2 Å². The number of amides is 2. The van der Waals surface area contributed by atoms with Crippen molar-refractivity contribution in [3.05, 3.63) is 46.2 Å². The summed E-state index contributed by atoms with van der Waals surface area (Å²) in [6.45, 7) is 5.65. The van der Waals surface area contributed by atoms with Gasteiger partial charge in [0.2, 0.25) is 11.7 Å². The molecule has 1 aliphatic rings. The summed E-state index contributed by atoms with van der Waals surface area (Å²) in [7, 11) is 0. The molecule has 3 rings (SSSR count). The second kappa shape index (κ2) is 8.56. The van der Waals surface area contributed by atoms with Crippen molar-refractivity contribution in [2.24, 2.45) is 0 Å². The van der Waals surface area contributed by atoms with Crippen LogP contribution in [-0.4, -0.2) is 36.3 Å². The smallest absolute Gasteiger partial charge is 0.268 e. The summed E-state index contributed by atoms with van der Waals surface area (Å²) in [4.78, 5) is 40.0. The molecule has 0 saturated heterocycles. The number of hydrogen-bond acceptors (Lipinski definition) is 5. The third kappa shape index (κ3) is 4.09. The first-order valence-corrected chi connectivity index (χ1v) is 10.3. The van der Waals surface area contributed by atoms with Crippen molar-refractivity contribution in [2.45, 2.75) is 45.8 Å². The van der Waals surface area contributed by atoms with Gasteiger partial charge in [-0.15, -0.1) is 11.3 Å². The Labute approximate surface area is 168 Å². The Balaban J connectivity index is 1.93. The molecule has 0 bridgehead atoms. The quantitative estimate of drug-likeness (QED) is 0.723. The van der Waals surface area contributed by atoms with Crippen LogP contribution in [0.4, 0.5) is 5.69 Å². The zero-order valence-electron chi connectivity index (χ0n) is 16.2. The topological polar surface area (TPSA) is 75.7 Å². The predicted molar refractivity (Wildman–Crippen MR) is 109 cm³/mol. The van der Waals surface area contributed by atoms with Crippen molar-refractivity contribution in [3.8, 4) is 5.75 Å². The highest BCUT2D eigenvalue weighted by Crippen LogP contribution is 2.36.